The number of aromatic nitrogens is 3. The van der Waals surface area contributed by atoms with E-state index in [1.165, 1.54) is 16.5 Å². The van der Waals surface area contributed by atoms with Gasteiger partial charge in [-0.2, -0.15) is 5.10 Å². The molecule has 0 spiro atoms. The number of H-pyrrole nitrogens is 1. The highest BCUT2D eigenvalue weighted by molar-refractivity contribution is 5.83. The van der Waals surface area contributed by atoms with Crippen LogP contribution in [0.15, 0.2) is 36.7 Å². The molecule has 2 heterocycles. The highest BCUT2D eigenvalue weighted by Crippen LogP contribution is 2.24. The van der Waals surface area contributed by atoms with Gasteiger partial charge in [0.25, 0.3) is 0 Å². The topological polar surface area (TPSA) is 41.6 Å². The van der Waals surface area contributed by atoms with Crippen LogP contribution in [-0.2, 0) is 0 Å². The van der Waals surface area contributed by atoms with E-state index in [2.05, 4.69) is 48.3 Å². The summed E-state index contributed by atoms with van der Waals surface area (Å²) < 4.78 is 0. The lowest BCUT2D eigenvalue weighted by atomic mass is 10.1. The molecular formula is C14H13N3. The molecule has 0 aliphatic heterocycles. The molecule has 0 fully saturated rings. The van der Waals surface area contributed by atoms with Gasteiger partial charge in [-0.15, -0.1) is 0 Å². The Morgan fingerprint density at radius 1 is 1.12 bits per heavy atom. The molecule has 2 aromatic heterocycles. The molecule has 0 amide bonds. The van der Waals surface area contributed by atoms with Gasteiger partial charge in [0.05, 0.1) is 17.4 Å². The molecule has 17 heavy (non-hydrogen) atoms. The first-order valence-electron chi connectivity index (χ1n) is 5.61. The van der Waals surface area contributed by atoms with Crippen molar-refractivity contribution in [2.75, 3.05) is 0 Å². The van der Waals surface area contributed by atoms with E-state index in [1.54, 1.807) is 6.20 Å². The Morgan fingerprint density at radius 2 is 2.00 bits per heavy atom. The Morgan fingerprint density at radius 3 is 2.76 bits per heavy atom. The van der Waals surface area contributed by atoms with Crippen LogP contribution < -0.4 is 0 Å². The minimum absolute atomic E-state index is 0.997. The number of nitrogens with zero attached hydrogens (tertiary/aromatic N) is 2. The first-order chi connectivity index (χ1) is 8.24. The average molecular weight is 223 g/mol. The molecule has 84 valence electrons. The molecule has 0 aliphatic rings. The number of nitrogens with one attached hydrogen (secondary N) is 1. The molecule has 3 nitrogen and oxygen atoms in total. The normalized spacial score (nSPS) is 10.9. The fraction of sp³-hybridized carbons (Fsp3) is 0.143. The number of pyridine rings is 1. The second kappa shape index (κ2) is 3.70. The van der Waals surface area contributed by atoms with E-state index in [0.29, 0.717) is 0 Å². The van der Waals surface area contributed by atoms with Gasteiger partial charge in [-0.05, 0) is 37.1 Å². The van der Waals surface area contributed by atoms with Gasteiger partial charge in [0, 0.05) is 17.1 Å². The average Bonchev–Trinajstić information content (AvgIpc) is 2.82. The number of aromatic amines is 1. The maximum absolute atomic E-state index is 4.72. The summed E-state index contributed by atoms with van der Waals surface area (Å²) in [5, 5.41) is 7.98. The van der Waals surface area contributed by atoms with Crippen molar-refractivity contribution in [1.29, 1.82) is 0 Å². The summed E-state index contributed by atoms with van der Waals surface area (Å²) in [6, 6.07) is 8.51. The summed E-state index contributed by atoms with van der Waals surface area (Å²) in [7, 11) is 0. The summed E-state index contributed by atoms with van der Waals surface area (Å²) in [5.74, 6) is 0. The van der Waals surface area contributed by atoms with Crippen molar-refractivity contribution >= 4 is 10.9 Å². The van der Waals surface area contributed by atoms with Crippen molar-refractivity contribution in [3.05, 3.63) is 47.8 Å². The monoisotopic (exact) mass is 223 g/mol. The zero-order valence-corrected chi connectivity index (χ0v) is 9.86. The van der Waals surface area contributed by atoms with E-state index in [-0.39, 0.29) is 0 Å². The maximum atomic E-state index is 4.72. The van der Waals surface area contributed by atoms with Gasteiger partial charge in [0.15, 0.2) is 0 Å². The molecule has 0 aliphatic carbocycles. The van der Waals surface area contributed by atoms with Crippen LogP contribution in [0.2, 0.25) is 0 Å². The van der Waals surface area contributed by atoms with Crippen LogP contribution in [-0.4, -0.2) is 15.2 Å². The zero-order valence-electron chi connectivity index (χ0n) is 9.86. The van der Waals surface area contributed by atoms with Gasteiger partial charge in [-0.1, -0.05) is 12.1 Å². The third-order valence-corrected chi connectivity index (χ3v) is 2.94. The standard InChI is InChI=1S/C14H13N3/c1-9-3-4-11-6-10(2)14(17-13(11)5-9)12-7-15-16-8-12/h3-8H,1-2H3,(H,15,16). The number of hydrogen-bond acceptors (Lipinski definition) is 2. The van der Waals surface area contributed by atoms with Gasteiger partial charge < -0.3 is 0 Å². The fourth-order valence-corrected chi connectivity index (χ4v) is 2.06. The first kappa shape index (κ1) is 10.0. The number of benzene rings is 1. The second-order valence-corrected chi connectivity index (χ2v) is 4.34. The minimum atomic E-state index is 0.997. The smallest absolute Gasteiger partial charge is 0.0770 e. The lowest BCUT2D eigenvalue weighted by Gasteiger charge is -2.06. The lowest BCUT2D eigenvalue weighted by molar-refractivity contribution is 1.09. The lowest BCUT2D eigenvalue weighted by Crippen LogP contribution is -1.89. The molecule has 1 N–H and O–H groups in total. The molecule has 0 atom stereocenters. The fourth-order valence-electron chi connectivity index (χ4n) is 2.06. The van der Waals surface area contributed by atoms with Gasteiger partial charge in [0.1, 0.15) is 0 Å². The summed E-state index contributed by atoms with van der Waals surface area (Å²) in [6.07, 6.45) is 3.67. The molecule has 0 unspecified atom stereocenters. The van der Waals surface area contributed by atoms with Crippen LogP contribution in [0.25, 0.3) is 22.2 Å². The van der Waals surface area contributed by atoms with Gasteiger partial charge >= 0.3 is 0 Å². The van der Waals surface area contributed by atoms with Crippen molar-refractivity contribution in [3.8, 4) is 11.3 Å². The molecule has 3 heteroatoms. The third kappa shape index (κ3) is 1.69. The molecule has 0 radical (unpaired) electrons. The maximum Gasteiger partial charge on any atom is 0.0770 e. The van der Waals surface area contributed by atoms with Gasteiger partial charge in [0.2, 0.25) is 0 Å². The van der Waals surface area contributed by atoms with Crippen LogP contribution >= 0.6 is 0 Å². The van der Waals surface area contributed by atoms with E-state index in [1.807, 2.05) is 6.20 Å². The predicted molar refractivity (Wildman–Crippen MR) is 68.8 cm³/mol. The van der Waals surface area contributed by atoms with E-state index in [4.69, 9.17) is 4.98 Å². The molecule has 1 aromatic carbocycles. The van der Waals surface area contributed by atoms with E-state index < -0.39 is 0 Å². The predicted octanol–water partition coefficient (Wildman–Crippen LogP) is 3.24. The summed E-state index contributed by atoms with van der Waals surface area (Å²) >= 11 is 0. The number of aryl methyl sites for hydroxylation is 2. The minimum Gasteiger partial charge on any atom is -0.285 e. The largest absolute Gasteiger partial charge is 0.285 e. The van der Waals surface area contributed by atoms with E-state index >= 15 is 0 Å². The summed E-state index contributed by atoms with van der Waals surface area (Å²) in [4.78, 5) is 4.72. The Bertz CT molecular complexity index is 669. The highest BCUT2D eigenvalue weighted by Gasteiger charge is 2.06. The Hall–Kier alpha value is -2.16. The Labute approximate surface area is 99.5 Å². The number of rotatable bonds is 1. The summed E-state index contributed by atoms with van der Waals surface area (Å²) in [5.41, 5.74) is 5.46. The van der Waals surface area contributed by atoms with E-state index in [0.717, 1.165) is 16.8 Å². The number of hydrogen-bond donors (Lipinski definition) is 1. The van der Waals surface area contributed by atoms with Crippen molar-refractivity contribution < 1.29 is 0 Å². The highest BCUT2D eigenvalue weighted by atomic mass is 15.1. The van der Waals surface area contributed by atoms with Crippen LogP contribution in [0.1, 0.15) is 11.1 Å². The Balaban J connectivity index is 2.29. The molecule has 0 bridgehead atoms. The number of fused-ring (bicyclic) bond motifs is 1. The van der Waals surface area contributed by atoms with Crippen molar-refractivity contribution in [1.82, 2.24) is 15.2 Å². The van der Waals surface area contributed by atoms with Crippen LogP contribution in [0.3, 0.4) is 0 Å². The molecule has 0 saturated heterocycles. The van der Waals surface area contributed by atoms with Crippen LogP contribution in [0.4, 0.5) is 0 Å². The molecule has 3 rings (SSSR count). The summed E-state index contributed by atoms with van der Waals surface area (Å²) in [6.45, 7) is 4.16. The molecule has 3 aromatic rings. The SMILES string of the molecule is Cc1ccc2cc(C)c(-c3cn[nH]c3)nc2c1. The van der Waals surface area contributed by atoms with Gasteiger partial charge in [-0.3, -0.25) is 5.10 Å². The van der Waals surface area contributed by atoms with E-state index in [9.17, 15) is 0 Å². The first-order valence-corrected chi connectivity index (χ1v) is 5.61. The van der Waals surface area contributed by atoms with Crippen LogP contribution in [0.5, 0.6) is 0 Å². The third-order valence-electron chi connectivity index (χ3n) is 2.94. The second-order valence-electron chi connectivity index (χ2n) is 4.34. The van der Waals surface area contributed by atoms with Crippen molar-refractivity contribution in [2.45, 2.75) is 13.8 Å². The van der Waals surface area contributed by atoms with Crippen LogP contribution in [0, 0.1) is 13.8 Å². The zero-order chi connectivity index (χ0) is 11.8. The molecule has 0 saturated carbocycles. The Kier molecular flexibility index (Phi) is 2.18. The quantitative estimate of drug-likeness (QED) is 0.688. The van der Waals surface area contributed by atoms with Gasteiger partial charge in [-0.25, -0.2) is 4.98 Å². The van der Waals surface area contributed by atoms with Crippen molar-refractivity contribution in [2.24, 2.45) is 0 Å². The molecular weight excluding hydrogens is 210 g/mol. The van der Waals surface area contributed by atoms with Crippen molar-refractivity contribution in [3.63, 3.8) is 0 Å².